The molecule has 7 nitrogen and oxygen atoms in total. The molecule has 0 radical (unpaired) electrons. The Hall–Kier alpha value is -2.62. The predicted octanol–water partition coefficient (Wildman–Crippen LogP) is 3.00. The van der Waals surface area contributed by atoms with Gasteiger partial charge in [-0.05, 0) is 37.3 Å². The summed E-state index contributed by atoms with van der Waals surface area (Å²) in [6.07, 6.45) is 0. The molecule has 1 amide bonds. The lowest BCUT2D eigenvalue weighted by Crippen LogP contribution is -2.30. The monoisotopic (exact) mass is 416 g/mol. The van der Waals surface area contributed by atoms with Crippen LogP contribution in [0.4, 0.5) is 11.4 Å². The van der Waals surface area contributed by atoms with Crippen molar-refractivity contribution in [1.29, 1.82) is 0 Å². The molecule has 1 atom stereocenters. The molecule has 9 heteroatoms. The number of rotatable bonds is 4. The number of fused-ring (bicyclic) bond motifs is 1. The van der Waals surface area contributed by atoms with Gasteiger partial charge in [0.15, 0.2) is 5.17 Å². The molecule has 2 aromatic carbocycles. The van der Waals surface area contributed by atoms with E-state index in [0.717, 1.165) is 16.9 Å². The van der Waals surface area contributed by atoms with Crippen molar-refractivity contribution >= 4 is 49.9 Å². The highest BCUT2D eigenvalue weighted by atomic mass is 32.2. The van der Waals surface area contributed by atoms with Crippen LogP contribution in [0.2, 0.25) is 0 Å². The number of amidine groups is 1. The molecule has 146 valence electrons. The van der Waals surface area contributed by atoms with Crippen LogP contribution < -0.4 is 10.5 Å². The summed E-state index contributed by atoms with van der Waals surface area (Å²) in [6.45, 7) is 5.88. The minimum absolute atomic E-state index is 0.0108. The third kappa shape index (κ3) is 4.27. The number of nitrogens with zero attached hydrogens (tertiary/aromatic N) is 2. The van der Waals surface area contributed by atoms with Crippen molar-refractivity contribution < 1.29 is 13.2 Å². The van der Waals surface area contributed by atoms with Gasteiger partial charge in [-0.25, -0.2) is 18.5 Å². The van der Waals surface area contributed by atoms with Crippen LogP contribution in [0.5, 0.6) is 0 Å². The van der Waals surface area contributed by atoms with Gasteiger partial charge in [-0.15, -0.1) is 0 Å². The first-order chi connectivity index (χ1) is 13.2. The Labute approximate surface area is 168 Å². The van der Waals surface area contributed by atoms with Gasteiger partial charge in [0.2, 0.25) is 15.9 Å². The fraction of sp³-hybridized carbons (Fsp3) is 0.158. The number of nitrogens with two attached hydrogens (primary N) is 1. The Bertz CT molecular complexity index is 1060. The molecule has 3 rings (SSSR count). The highest BCUT2D eigenvalue weighted by Crippen LogP contribution is 2.35. The molecule has 2 aromatic rings. The van der Waals surface area contributed by atoms with Crippen LogP contribution >= 0.6 is 11.8 Å². The van der Waals surface area contributed by atoms with Gasteiger partial charge < -0.3 is 10.2 Å². The fourth-order valence-corrected chi connectivity index (χ4v) is 4.00. The van der Waals surface area contributed by atoms with E-state index in [2.05, 4.69) is 16.9 Å². The molecule has 0 saturated heterocycles. The lowest BCUT2D eigenvalue weighted by atomic mass is 10.1. The van der Waals surface area contributed by atoms with Gasteiger partial charge in [0, 0.05) is 24.0 Å². The first-order valence-corrected chi connectivity index (χ1v) is 10.8. The molecule has 1 heterocycles. The maximum Gasteiger partial charge on any atom is 0.238 e. The van der Waals surface area contributed by atoms with Crippen molar-refractivity contribution in [2.75, 3.05) is 12.4 Å². The number of hydrogen-bond donors (Lipinski definition) is 2. The van der Waals surface area contributed by atoms with E-state index < -0.39 is 15.3 Å². The molecule has 0 unspecified atom stereocenters. The van der Waals surface area contributed by atoms with E-state index in [0.29, 0.717) is 10.9 Å². The normalized spacial score (nSPS) is 14.9. The number of primary sulfonamides is 1. The molecule has 0 fully saturated rings. The summed E-state index contributed by atoms with van der Waals surface area (Å²) in [5.74, 6) is -0.228. The van der Waals surface area contributed by atoms with Gasteiger partial charge >= 0.3 is 0 Å². The minimum Gasteiger partial charge on any atom is -0.325 e. The Balaban J connectivity index is 1.71. The van der Waals surface area contributed by atoms with E-state index in [9.17, 15) is 13.2 Å². The highest BCUT2D eigenvalue weighted by Gasteiger charge is 2.25. The number of amides is 1. The zero-order valence-electron chi connectivity index (χ0n) is 15.4. The average molecular weight is 417 g/mol. The number of nitrogens with one attached hydrogen (secondary N) is 1. The Morgan fingerprint density at radius 2 is 1.86 bits per heavy atom. The van der Waals surface area contributed by atoms with Crippen molar-refractivity contribution in [2.24, 2.45) is 10.1 Å². The van der Waals surface area contributed by atoms with Gasteiger partial charge in [0.1, 0.15) is 0 Å². The van der Waals surface area contributed by atoms with Crippen LogP contribution in [0.25, 0.3) is 5.70 Å². The number of para-hydroxylation sites is 1. The van der Waals surface area contributed by atoms with Gasteiger partial charge in [-0.1, -0.05) is 36.5 Å². The zero-order chi connectivity index (χ0) is 20.5. The average Bonchev–Trinajstić information content (AvgIpc) is 2.65. The summed E-state index contributed by atoms with van der Waals surface area (Å²) in [6, 6.07) is 13.4. The summed E-state index contributed by atoms with van der Waals surface area (Å²) in [4.78, 5) is 19.0. The van der Waals surface area contributed by atoms with E-state index in [1.54, 1.807) is 6.92 Å². The smallest absolute Gasteiger partial charge is 0.238 e. The number of hydrogen-bond acceptors (Lipinski definition) is 6. The van der Waals surface area contributed by atoms with E-state index in [1.807, 2.05) is 36.2 Å². The molecule has 1 aliphatic rings. The summed E-state index contributed by atoms with van der Waals surface area (Å²) < 4.78 is 22.6. The summed E-state index contributed by atoms with van der Waals surface area (Å²) in [5.41, 5.74) is 3.08. The molecule has 0 aliphatic carbocycles. The lowest BCUT2D eigenvalue weighted by Gasteiger charge is -2.29. The van der Waals surface area contributed by atoms with Gasteiger partial charge in [-0.3, -0.25) is 4.79 Å². The first kappa shape index (κ1) is 20.1. The molecule has 28 heavy (non-hydrogen) atoms. The Kier molecular flexibility index (Phi) is 5.59. The number of sulfonamides is 1. The molecule has 1 aliphatic heterocycles. The van der Waals surface area contributed by atoms with E-state index >= 15 is 0 Å². The molecule has 0 bridgehead atoms. The number of carbonyl (C=O) groups is 1. The maximum absolute atomic E-state index is 12.5. The maximum atomic E-state index is 12.5. The van der Waals surface area contributed by atoms with E-state index in [1.165, 1.54) is 36.0 Å². The second-order valence-electron chi connectivity index (χ2n) is 6.24. The van der Waals surface area contributed by atoms with Crippen molar-refractivity contribution in [2.45, 2.75) is 17.1 Å². The number of thioether (sulfide) groups is 1. The minimum atomic E-state index is -3.77. The summed E-state index contributed by atoms with van der Waals surface area (Å²) in [5, 5.41) is 8.08. The van der Waals surface area contributed by atoms with Gasteiger partial charge in [0.25, 0.3) is 0 Å². The number of anilines is 1. The number of carbonyl (C=O) groups excluding carboxylic acids is 1. The molecule has 0 spiro atoms. The quantitative estimate of drug-likeness (QED) is 0.797. The second kappa shape index (κ2) is 7.78. The van der Waals surface area contributed by atoms with Crippen molar-refractivity contribution in [3.05, 3.63) is 60.7 Å². The van der Waals surface area contributed by atoms with Crippen LogP contribution in [0.1, 0.15) is 12.5 Å². The van der Waals surface area contributed by atoms with Gasteiger partial charge in [0.05, 0.1) is 15.8 Å². The molecule has 3 N–H and O–H groups in total. The zero-order valence-corrected chi connectivity index (χ0v) is 17.0. The Morgan fingerprint density at radius 1 is 1.21 bits per heavy atom. The summed E-state index contributed by atoms with van der Waals surface area (Å²) >= 11 is 1.32. The van der Waals surface area contributed by atoms with Crippen molar-refractivity contribution in [3.8, 4) is 0 Å². The molecule has 0 saturated carbocycles. The second-order valence-corrected chi connectivity index (χ2v) is 9.11. The standard InChI is InChI=1S/C19H20N4O3S2/c1-12-16-6-4-5-7-17(16)22-19(23(12)3)27-13(2)18(24)21-14-8-10-15(11-9-14)28(20,25)26/h4-11,13H,1H2,2-3H3,(H,21,24)(H2,20,25,26)/t13-/m0/s1. The number of benzene rings is 2. The third-order valence-corrected chi connectivity index (χ3v) is 6.30. The number of aliphatic imine (C=N–C) groups is 1. The molecular formula is C19H20N4O3S2. The topological polar surface area (TPSA) is 105 Å². The van der Waals surface area contributed by atoms with Gasteiger partial charge in [-0.2, -0.15) is 0 Å². The predicted molar refractivity (Wildman–Crippen MR) is 114 cm³/mol. The van der Waals surface area contributed by atoms with Crippen LogP contribution in [-0.4, -0.2) is 36.7 Å². The van der Waals surface area contributed by atoms with E-state index in [4.69, 9.17) is 5.14 Å². The van der Waals surface area contributed by atoms with Crippen LogP contribution in [0.3, 0.4) is 0 Å². The SMILES string of the molecule is C=C1c2ccccc2N=C(S[C@@H](C)C(=O)Nc2ccc(S(N)(=O)=O)cc2)N1C. The molecular weight excluding hydrogens is 396 g/mol. The first-order valence-electron chi connectivity index (χ1n) is 8.38. The highest BCUT2D eigenvalue weighted by molar-refractivity contribution is 8.14. The molecule has 0 aromatic heterocycles. The lowest BCUT2D eigenvalue weighted by molar-refractivity contribution is -0.115. The van der Waals surface area contributed by atoms with Crippen LogP contribution in [0.15, 0.2) is 65.0 Å². The largest absolute Gasteiger partial charge is 0.325 e. The summed E-state index contributed by atoms with van der Waals surface area (Å²) in [7, 11) is -1.90. The van der Waals surface area contributed by atoms with Crippen molar-refractivity contribution in [3.63, 3.8) is 0 Å². The van der Waals surface area contributed by atoms with Crippen LogP contribution in [0, 0.1) is 0 Å². The fourth-order valence-electron chi connectivity index (χ4n) is 2.58. The Morgan fingerprint density at radius 3 is 2.50 bits per heavy atom. The van der Waals surface area contributed by atoms with Crippen LogP contribution in [-0.2, 0) is 14.8 Å². The van der Waals surface area contributed by atoms with Crippen molar-refractivity contribution in [1.82, 2.24) is 4.90 Å². The van der Waals surface area contributed by atoms with E-state index in [-0.39, 0.29) is 10.8 Å². The third-order valence-electron chi connectivity index (χ3n) is 4.22.